The van der Waals surface area contributed by atoms with Gasteiger partial charge in [0, 0.05) is 32.7 Å². The van der Waals surface area contributed by atoms with Gasteiger partial charge in [0.2, 0.25) is 0 Å². The minimum Gasteiger partial charge on any atom is -0.493 e. The molecular formula is C32H47NO5. The second kappa shape index (κ2) is 15.1. The molecule has 0 unspecified atom stereocenters. The summed E-state index contributed by atoms with van der Waals surface area (Å²) >= 11 is 0. The number of carbonyl (C=O) groups is 1. The Morgan fingerprint density at radius 3 is 2.37 bits per heavy atom. The Balaban J connectivity index is 1.75. The minimum absolute atomic E-state index is 0.0297. The molecular weight excluding hydrogens is 478 g/mol. The molecule has 1 saturated heterocycles. The van der Waals surface area contributed by atoms with Crippen LogP contribution in [0.1, 0.15) is 58.1 Å². The van der Waals surface area contributed by atoms with Gasteiger partial charge in [-0.1, -0.05) is 64.1 Å². The van der Waals surface area contributed by atoms with Crippen LogP contribution in [0.3, 0.4) is 0 Å². The van der Waals surface area contributed by atoms with Crippen molar-refractivity contribution in [3.63, 3.8) is 0 Å². The summed E-state index contributed by atoms with van der Waals surface area (Å²) in [6.07, 6.45) is 3.31. The van der Waals surface area contributed by atoms with E-state index in [0.29, 0.717) is 25.0 Å². The molecule has 3 rings (SSSR count). The van der Waals surface area contributed by atoms with Gasteiger partial charge in [0.1, 0.15) is 6.10 Å². The molecule has 1 aliphatic heterocycles. The van der Waals surface area contributed by atoms with Crippen molar-refractivity contribution in [2.24, 2.45) is 23.7 Å². The van der Waals surface area contributed by atoms with Crippen molar-refractivity contribution in [2.75, 3.05) is 27.4 Å². The molecule has 0 bridgehead atoms. The zero-order valence-corrected chi connectivity index (χ0v) is 24.1. The summed E-state index contributed by atoms with van der Waals surface area (Å²) in [6, 6.07) is 16.7. The molecule has 4 atom stereocenters. The fourth-order valence-corrected chi connectivity index (χ4v) is 5.20. The Morgan fingerprint density at radius 1 is 0.974 bits per heavy atom. The van der Waals surface area contributed by atoms with Crippen LogP contribution < -0.4 is 14.8 Å². The number of cyclic esters (lactones) is 1. The van der Waals surface area contributed by atoms with E-state index >= 15 is 0 Å². The van der Waals surface area contributed by atoms with E-state index in [9.17, 15) is 4.79 Å². The Bertz CT molecular complexity index is 977. The molecule has 210 valence electrons. The van der Waals surface area contributed by atoms with Crippen molar-refractivity contribution in [3.05, 3.63) is 59.7 Å². The second-order valence-corrected chi connectivity index (χ2v) is 11.2. The van der Waals surface area contributed by atoms with E-state index < -0.39 is 0 Å². The number of methoxy groups -OCH3 is 2. The highest BCUT2D eigenvalue weighted by atomic mass is 16.6. The van der Waals surface area contributed by atoms with Gasteiger partial charge in [-0.25, -0.2) is 0 Å². The third-order valence-electron chi connectivity index (χ3n) is 7.70. The molecule has 1 aliphatic rings. The summed E-state index contributed by atoms with van der Waals surface area (Å²) in [7, 11) is 3.37. The summed E-state index contributed by atoms with van der Waals surface area (Å²) in [5.41, 5.74) is 2.45. The topological polar surface area (TPSA) is 66.0 Å². The third kappa shape index (κ3) is 8.74. The summed E-state index contributed by atoms with van der Waals surface area (Å²) in [4.78, 5) is 12.7. The number of ether oxygens (including phenoxy) is 4. The monoisotopic (exact) mass is 525 g/mol. The first-order valence-corrected chi connectivity index (χ1v) is 14.1. The fourth-order valence-electron chi connectivity index (χ4n) is 5.20. The zero-order valence-electron chi connectivity index (χ0n) is 24.1. The maximum absolute atomic E-state index is 12.7. The third-order valence-corrected chi connectivity index (χ3v) is 7.70. The standard InChI is InChI=1S/C32H47NO5/c1-22(2)26(17-25-13-14-29(36-6)31(18-25)37-16-10-15-35-5)19-28(33-21-24-11-8-7-9-12-24)30-20-27(23(3)4)32(34)38-30/h7-9,11-14,18,22-23,26-28,30,33H,10,15-17,19-21H2,1-6H3/t26-,27-,28+,30-/m0/s1. The molecule has 2 aromatic rings. The lowest BCUT2D eigenvalue weighted by atomic mass is 9.81. The molecule has 38 heavy (non-hydrogen) atoms. The van der Waals surface area contributed by atoms with Gasteiger partial charge in [0.15, 0.2) is 11.5 Å². The highest BCUT2D eigenvalue weighted by Gasteiger charge is 2.41. The van der Waals surface area contributed by atoms with Crippen molar-refractivity contribution >= 4 is 5.97 Å². The van der Waals surface area contributed by atoms with Crippen LogP contribution in [0.25, 0.3) is 0 Å². The van der Waals surface area contributed by atoms with Crippen LogP contribution in [-0.4, -0.2) is 45.5 Å². The van der Waals surface area contributed by atoms with Gasteiger partial charge >= 0.3 is 5.97 Å². The number of hydrogen-bond acceptors (Lipinski definition) is 6. The molecule has 1 fully saturated rings. The minimum atomic E-state index is -0.115. The van der Waals surface area contributed by atoms with E-state index in [0.717, 1.165) is 43.7 Å². The van der Waals surface area contributed by atoms with Crippen molar-refractivity contribution in [1.29, 1.82) is 0 Å². The summed E-state index contributed by atoms with van der Waals surface area (Å²) in [6.45, 7) is 10.8. The maximum Gasteiger partial charge on any atom is 0.309 e. The molecule has 0 radical (unpaired) electrons. The van der Waals surface area contributed by atoms with Crippen LogP contribution in [0.2, 0.25) is 0 Å². The van der Waals surface area contributed by atoms with Gasteiger partial charge in [-0.3, -0.25) is 4.79 Å². The lowest BCUT2D eigenvalue weighted by Gasteiger charge is -2.30. The van der Waals surface area contributed by atoms with E-state index in [2.05, 4.69) is 69.4 Å². The van der Waals surface area contributed by atoms with Crippen LogP contribution in [0.5, 0.6) is 11.5 Å². The van der Waals surface area contributed by atoms with E-state index in [1.165, 1.54) is 11.1 Å². The van der Waals surface area contributed by atoms with Gasteiger partial charge < -0.3 is 24.3 Å². The largest absolute Gasteiger partial charge is 0.493 e. The predicted octanol–water partition coefficient (Wildman–Crippen LogP) is 6.06. The van der Waals surface area contributed by atoms with Gasteiger partial charge in [0.05, 0.1) is 19.6 Å². The maximum atomic E-state index is 12.7. The van der Waals surface area contributed by atoms with Crippen molar-refractivity contribution in [2.45, 2.75) is 72.1 Å². The van der Waals surface area contributed by atoms with Crippen molar-refractivity contribution in [3.8, 4) is 11.5 Å². The number of benzene rings is 2. The van der Waals surface area contributed by atoms with Gasteiger partial charge in [-0.05, 0) is 60.3 Å². The molecule has 1 heterocycles. The quantitative estimate of drug-likeness (QED) is 0.212. The Labute approximate surface area is 229 Å². The molecule has 0 aliphatic carbocycles. The van der Waals surface area contributed by atoms with Crippen LogP contribution >= 0.6 is 0 Å². The summed E-state index contributed by atoms with van der Waals surface area (Å²) in [5, 5.41) is 3.76. The number of esters is 1. The number of nitrogens with one attached hydrogen (secondary N) is 1. The van der Waals surface area contributed by atoms with Crippen molar-refractivity contribution < 1.29 is 23.7 Å². The Morgan fingerprint density at radius 2 is 1.74 bits per heavy atom. The van der Waals surface area contributed by atoms with E-state index in [1.807, 2.05) is 12.1 Å². The SMILES string of the molecule is COCCCOc1cc(C[C@@H](C[C@@H](NCc2ccccc2)[C@@H]2C[C@@H](C(C)C)C(=O)O2)C(C)C)ccc1OC. The van der Waals surface area contributed by atoms with Crippen LogP contribution in [0.4, 0.5) is 0 Å². The number of rotatable bonds is 16. The Kier molecular flexibility index (Phi) is 11.9. The highest BCUT2D eigenvalue weighted by Crippen LogP contribution is 2.34. The van der Waals surface area contributed by atoms with Crippen molar-refractivity contribution in [1.82, 2.24) is 5.32 Å². The molecule has 6 heteroatoms. The summed E-state index contributed by atoms with van der Waals surface area (Å²) in [5.74, 6) is 2.57. The molecule has 0 saturated carbocycles. The molecule has 1 N–H and O–H groups in total. The number of carbonyl (C=O) groups excluding carboxylic acids is 1. The zero-order chi connectivity index (χ0) is 27.5. The van der Waals surface area contributed by atoms with Crippen LogP contribution in [0.15, 0.2) is 48.5 Å². The van der Waals surface area contributed by atoms with E-state index in [1.54, 1.807) is 14.2 Å². The lowest BCUT2D eigenvalue weighted by Crippen LogP contribution is -2.42. The second-order valence-electron chi connectivity index (χ2n) is 11.2. The fraction of sp³-hybridized carbons (Fsp3) is 0.594. The van der Waals surface area contributed by atoms with Crippen LogP contribution in [-0.2, 0) is 27.2 Å². The normalized spacial score (nSPS) is 19.0. The average Bonchev–Trinajstić information content (AvgIpc) is 3.30. The first-order chi connectivity index (χ1) is 18.3. The highest BCUT2D eigenvalue weighted by molar-refractivity contribution is 5.75. The predicted molar refractivity (Wildman–Crippen MR) is 152 cm³/mol. The Hall–Kier alpha value is -2.57. The van der Waals surface area contributed by atoms with Gasteiger partial charge in [0.25, 0.3) is 0 Å². The molecule has 2 aromatic carbocycles. The van der Waals surface area contributed by atoms with Gasteiger partial charge in [-0.2, -0.15) is 0 Å². The van der Waals surface area contributed by atoms with E-state index in [-0.39, 0.29) is 30.0 Å². The molecule has 0 amide bonds. The van der Waals surface area contributed by atoms with Gasteiger partial charge in [-0.15, -0.1) is 0 Å². The van der Waals surface area contributed by atoms with E-state index in [4.69, 9.17) is 18.9 Å². The van der Waals surface area contributed by atoms with Crippen LogP contribution in [0, 0.1) is 23.7 Å². The smallest absolute Gasteiger partial charge is 0.309 e. The molecule has 0 aromatic heterocycles. The average molecular weight is 526 g/mol. The number of hydrogen-bond donors (Lipinski definition) is 1. The first kappa shape index (κ1) is 30.0. The molecule has 6 nitrogen and oxygen atoms in total. The molecule has 0 spiro atoms. The summed E-state index contributed by atoms with van der Waals surface area (Å²) < 4.78 is 22.7. The lowest BCUT2D eigenvalue weighted by molar-refractivity contribution is -0.146. The first-order valence-electron chi connectivity index (χ1n) is 14.1.